The van der Waals surface area contributed by atoms with Crippen LogP contribution in [0.15, 0.2) is 0 Å². The number of carbonyl (C=O) groups excluding carboxylic acids is 1. The van der Waals surface area contributed by atoms with Crippen molar-refractivity contribution in [3.05, 3.63) is 0 Å². The number of piperidine rings is 1. The average Bonchev–Trinajstić information content (AvgIpc) is 2.23. The zero-order valence-electron chi connectivity index (χ0n) is 11.3. The predicted molar refractivity (Wildman–Crippen MR) is 73.4 cm³/mol. The number of carbonyl (C=O) groups is 1. The van der Waals surface area contributed by atoms with Crippen LogP contribution in [0.25, 0.3) is 0 Å². The van der Waals surface area contributed by atoms with Gasteiger partial charge in [0.1, 0.15) is 5.60 Å². The van der Waals surface area contributed by atoms with Gasteiger partial charge < -0.3 is 10.1 Å². The summed E-state index contributed by atoms with van der Waals surface area (Å²) >= 11 is 1.68. The van der Waals surface area contributed by atoms with Crippen LogP contribution in [-0.2, 0) is 9.53 Å². The van der Waals surface area contributed by atoms with Gasteiger partial charge in [0, 0.05) is 6.04 Å². The molecule has 17 heavy (non-hydrogen) atoms. The first-order valence-corrected chi connectivity index (χ1v) is 7.66. The highest BCUT2D eigenvalue weighted by molar-refractivity contribution is 7.99. The van der Waals surface area contributed by atoms with E-state index >= 15 is 0 Å². The zero-order valence-corrected chi connectivity index (χ0v) is 12.1. The minimum absolute atomic E-state index is 0.0981. The van der Waals surface area contributed by atoms with E-state index in [4.69, 9.17) is 4.74 Å². The van der Waals surface area contributed by atoms with E-state index in [1.165, 1.54) is 19.3 Å². The molecule has 1 aliphatic heterocycles. The first-order chi connectivity index (χ1) is 7.97. The van der Waals surface area contributed by atoms with Crippen molar-refractivity contribution in [2.24, 2.45) is 0 Å². The molecule has 3 nitrogen and oxygen atoms in total. The summed E-state index contributed by atoms with van der Waals surface area (Å²) in [6, 6.07) is 0.662. The van der Waals surface area contributed by atoms with Gasteiger partial charge in [-0.15, -0.1) is 0 Å². The lowest BCUT2D eigenvalue weighted by Gasteiger charge is -2.23. The summed E-state index contributed by atoms with van der Waals surface area (Å²) in [6.45, 7) is 6.87. The Bertz CT molecular complexity index is 232. The van der Waals surface area contributed by atoms with Crippen molar-refractivity contribution in [3.8, 4) is 0 Å². The maximum atomic E-state index is 11.5. The van der Waals surface area contributed by atoms with Gasteiger partial charge in [-0.2, -0.15) is 11.8 Å². The Morgan fingerprint density at radius 2 is 2.18 bits per heavy atom. The Balaban J connectivity index is 2.01. The SMILES string of the molecule is CC(C)(C)OC(=O)CSCCC1CCCCN1. The van der Waals surface area contributed by atoms with Crippen LogP contribution in [0.2, 0.25) is 0 Å². The third kappa shape index (κ3) is 7.66. The summed E-state index contributed by atoms with van der Waals surface area (Å²) in [5.74, 6) is 1.42. The number of thioether (sulfide) groups is 1. The first-order valence-electron chi connectivity index (χ1n) is 6.50. The van der Waals surface area contributed by atoms with Crippen LogP contribution in [0.3, 0.4) is 0 Å². The lowest BCUT2D eigenvalue weighted by molar-refractivity contribution is -0.151. The third-order valence-electron chi connectivity index (χ3n) is 2.66. The van der Waals surface area contributed by atoms with Crippen molar-refractivity contribution in [1.29, 1.82) is 0 Å². The van der Waals surface area contributed by atoms with Crippen LogP contribution in [0.4, 0.5) is 0 Å². The summed E-state index contributed by atoms with van der Waals surface area (Å²) in [4.78, 5) is 11.5. The first kappa shape index (κ1) is 14.8. The molecule has 1 atom stereocenters. The molecule has 0 aromatic rings. The fourth-order valence-electron chi connectivity index (χ4n) is 1.92. The second kappa shape index (κ2) is 7.27. The number of nitrogens with one attached hydrogen (secondary N) is 1. The highest BCUT2D eigenvalue weighted by atomic mass is 32.2. The van der Waals surface area contributed by atoms with Gasteiger partial charge in [0.2, 0.25) is 0 Å². The molecule has 1 aliphatic rings. The summed E-state index contributed by atoms with van der Waals surface area (Å²) in [7, 11) is 0. The third-order valence-corrected chi connectivity index (χ3v) is 3.63. The zero-order chi connectivity index (χ0) is 12.7. The second-order valence-electron chi connectivity index (χ2n) is 5.57. The molecule has 0 radical (unpaired) electrons. The summed E-state index contributed by atoms with van der Waals surface area (Å²) in [5, 5.41) is 3.52. The van der Waals surface area contributed by atoms with Gasteiger partial charge in [-0.3, -0.25) is 4.79 Å². The molecule has 0 spiro atoms. The van der Waals surface area contributed by atoms with Gasteiger partial charge in [0.05, 0.1) is 5.75 Å². The largest absolute Gasteiger partial charge is 0.459 e. The number of hydrogen-bond acceptors (Lipinski definition) is 4. The van der Waals surface area contributed by atoms with E-state index in [2.05, 4.69) is 5.32 Å². The van der Waals surface area contributed by atoms with E-state index in [1.807, 2.05) is 20.8 Å². The smallest absolute Gasteiger partial charge is 0.316 e. The molecule has 1 rings (SSSR count). The molecule has 4 heteroatoms. The lowest BCUT2D eigenvalue weighted by atomic mass is 10.0. The number of ether oxygens (including phenoxy) is 1. The average molecular weight is 259 g/mol. The monoisotopic (exact) mass is 259 g/mol. The predicted octanol–water partition coefficient (Wildman–Crippen LogP) is 2.59. The Morgan fingerprint density at radius 3 is 2.76 bits per heavy atom. The van der Waals surface area contributed by atoms with Crippen LogP contribution in [0.5, 0.6) is 0 Å². The van der Waals surface area contributed by atoms with E-state index in [0.29, 0.717) is 11.8 Å². The Kier molecular flexibility index (Phi) is 6.34. The van der Waals surface area contributed by atoms with Crippen molar-refractivity contribution in [3.63, 3.8) is 0 Å². The highest BCUT2D eigenvalue weighted by Crippen LogP contribution is 2.14. The van der Waals surface area contributed by atoms with Crippen molar-refractivity contribution < 1.29 is 9.53 Å². The molecular formula is C13H25NO2S. The fourth-order valence-corrected chi connectivity index (χ4v) is 2.74. The number of hydrogen-bond donors (Lipinski definition) is 1. The normalized spacial score (nSPS) is 21.2. The van der Waals surface area contributed by atoms with Crippen molar-refractivity contribution in [2.45, 2.75) is 58.1 Å². The topological polar surface area (TPSA) is 38.3 Å². The van der Waals surface area contributed by atoms with E-state index < -0.39 is 0 Å². The van der Waals surface area contributed by atoms with Crippen LogP contribution < -0.4 is 5.32 Å². The molecule has 0 bridgehead atoms. The van der Waals surface area contributed by atoms with Crippen LogP contribution >= 0.6 is 11.8 Å². The highest BCUT2D eigenvalue weighted by Gasteiger charge is 2.16. The van der Waals surface area contributed by atoms with Gasteiger partial charge in [-0.25, -0.2) is 0 Å². The van der Waals surface area contributed by atoms with Gasteiger partial charge in [-0.05, 0) is 52.3 Å². The van der Waals surface area contributed by atoms with Crippen molar-refractivity contribution in [1.82, 2.24) is 5.32 Å². The fraction of sp³-hybridized carbons (Fsp3) is 0.923. The van der Waals surface area contributed by atoms with Crippen LogP contribution in [0.1, 0.15) is 46.5 Å². The van der Waals surface area contributed by atoms with E-state index in [0.717, 1.165) is 18.7 Å². The summed E-state index contributed by atoms with van der Waals surface area (Å²) in [6.07, 6.45) is 5.09. The van der Waals surface area contributed by atoms with Crippen LogP contribution in [0, 0.1) is 0 Å². The number of esters is 1. The molecule has 1 heterocycles. The van der Waals surface area contributed by atoms with Gasteiger partial charge in [-0.1, -0.05) is 6.42 Å². The molecule has 0 aliphatic carbocycles. The van der Waals surface area contributed by atoms with E-state index in [9.17, 15) is 4.79 Å². The molecule has 100 valence electrons. The minimum atomic E-state index is -0.359. The molecule has 0 saturated carbocycles. The minimum Gasteiger partial charge on any atom is -0.459 e. The Hall–Kier alpha value is -0.220. The van der Waals surface area contributed by atoms with Gasteiger partial charge in [0.15, 0.2) is 0 Å². The molecule has 0 aromatic heterocycles. The maximum absolute atomic E-state index is 11.5. The van der Waals surface area contributed by atoms with E-state index in [-0.39, 0.29) is 11.6 Å². The number of rotatable bonds is 5. The molecule has 0 amide bonds. The molecule has 0 aromatic carbocycles. The molecule has 1 unspecified atom stereocenters. The second-order valence-corrected chi connectivity index (χ2v) is 6.68. The maximum Gasteiger partial charge on any atom is 0.316 e. The van der Waals surface area contributed by atoms with Crippen molar-refractivity contribution in [2.75, 3.05) is 18.1 Å². The summed E-state index contributed by atoms with van der Waals surface area (Å²) < 4.78 is 5.25. The van der Waals surface area contributed by atoms with Gasteiger partial charge in [0.25, 0.3) is 0 Å². The molecule has 1 N–H and O–H groups in total. The van der Waals surface area contributed by atoms with Crippen molar-refractivity contribution >= 4 is 17.7 Å². The quantitative estimate of drug-likeness (QED) is 0.608. The standard InChI is InChI=1S/C13H25NO2S/c1-13(2,3)16-12(15)10-17-9-7-11-6-4-5-8-14-11/h11,14H,4-10H2,1-3H3. The summed E-state index contributed by atoms with van der Waals surface area (Å²) in [5.41, 5.74) is -0.359. The molecule has 1 saturated heterocycles. The molecular weight excluding hydrogens is 234 g/mol. The Labute approximate surface area is 109 Å². The molecule has 1 fully saturated rings. The Morgan fingerprint density at radius 1 is 1.41 bits per heavy atom. The van der Waals surface area contributed by atoms with E-state index in [1.54, 1.807) is 11.8 Å². The lowest BCUT2D eigenvalue weighted by Crippen LogP contribution is -2.34. The van der Waals surface area contributed by atoms with Gasteiger partial charge >= 0.3 is 5.97 Å². The van der Waals surface area contributed by atoms with Crippen LogP contribution in [-0.4, -0.2) is 35.7 Å².